The molecule has 1 aliphatic heterocycles. The molecule has 0 amide bonds. The lowest BCUT2D eigenvalue weighted by molar-refractivity contribution is 0.544. The van der Waals surface area contributed by atoms with Crippen molar-refractivity contribution in [3.05, 3.63) is 22.4 Å². The Hall–Kier alpha value is -0.350. The van der Waals surface area contributed by atoms with Crippen molar-refractivity contribution in [2.24, 2.45) is 16.8 Å². The Morgan fingerprint density at radius 2 is 2.26 bits per heavy atom. The summed E-state index contributed by atoms with van der Waals surface area (Å²) in [6.45, 7) is 3.72. The van der Waals surface area contributed by atoms with Gasteiger partial charge in [-0.05, 0) is 36.1 Å². The number of thiophene rings is 1. The SMILES string of the molecule is CN=C(NCC(C)Cc1cccs1)NCC1CCS(=O)(=O)C1.I. The molecule has 0 saturated carbocycles. The zero-order chi connectivity index (χ0) is 16.0. The van der Waals surface area contributed by atoms with Crippen LogP contribution in [0.4, 0.5) is 0 Å². The minimum atomic E-state index is -2.80. The van der Waals surface area contributed by atoms with Gasteiger partial charge in [0.15, 0.2) is 15.8 Å². The summed E-state index contributed by atoms with van der Waals surface area (Å²) < 4.78 is 22.9. The molecule has 0 aromatic carbocycles. The number of aliphatic imine (C=N–C) groups is 1. The van der Waals surface area contributed by atoms with Crippen LogP contribution in [0.15, 0.2) is 22.5 Å². The number of hydrogen-bond donors (Lipinski definition) is 2. The summed E-state index contributed by atoms with van der Waals surface area (Å²) in [5.41, 5.74) is 0. The van der Waals surface area contributed by atoms with Crippen molar-refractivity contribution in [3.63, 3.8) is 0 Å². The summed E-state index contributed by atoms with van der Waals surface area (Å²) in [7, 11) is -1.06. The highest BCUT2D eigenvalue weighted by molar-refractivity contribution is 14.0. The minimum Gasteiger partial charge on any atom is -0.356 e. The maximum absolute atomic E-state index is 11.4. The summed E-state index contributed by atoms with van der Waals surface area (Å²) in [6.07, 6.45) is 1.81. The number of hydrogen-bond acceptors (Lipinski definition) is 4. The first-order valence-corrected chi connectivity index (χ1v) is 10.4. The van der Waals surface area contributed by atoms with E-state index in [2.05, 4.69) is 40.1 Å². The second kappa shape index (κ2) is 9.83. The average Bonchev–Trinajstić information content (AvgIpc) is 3.08. The molecule has 5 nitrogen and oxygen atoms in total. The largest absolute Gasteiger partial charge is 0.356 e. The highest BCUT2D eigenvalue weighted by Crippen LogP contribution is 2.17. The fraction of sp³-hybridized carbons (Fsp3) is 0.667. The quantitative estimate of drug-likeness (QED) is 0.379. The zero-order valence-electron chi connectivity index (χ0n) is 13.6. The summed E-state index contributed by atoms with van der Waals surface area (Å²) in [6, 6.07) is 4.24. The van der Waals surface area contributed by atoms with Gasteiger partial charge < -0.3 is 10.6 Å². The van der Waals surface area contributed by atoms with Crippen molar-refractivity contribution in [2.75, 3.05) is 31.6 Å². The third-order valence-electron chi connectivity index (χ3n) is 3.86. The minimum absolute atomic E-state index is 0. The molecule has 2 N–H and O–H groups in total. The van der Waals surface area contributed by atoms with E-state index in [4.69, 9.17) is 0 Å². The van der Waals surface area contributed by atoms with Crippen LogP contribution >= 0.6 is 35.3 Å². The van der Waals surface area contributed by atoms with Crippen molar-refractivity contribution in [1.82, 2.24) is 10.6 Å². The van der Waals surface area contributed by atoms with E-state index in [1.54, 1.807) is 18.4 Å². The highest BCUT2D eigenvalue weighted by Gasteiger charge is 2.27. The Bertz CT molecular complexity index is 588. The molecule has 2 rings (SSSR count). The van der Waals surface area contributed by atoms with Gasteiger partial charge in [-0.2, -0.15) is 0 Å². The van der Waals surface area contributed by atoms with Gasteiger partial charge >= 0.3 is 0 Å². The number of guanidine groups is 1. The van der Waals surface area contributed by atoms with Crippen LogP contribution < -0.4 is 10.6 Å². The van der Waals surface area contributed by atoms with E-state index in [9.17, 15) is 8.42 Å². The lowest BCUT2D eigenvalue weighted by atomic mass is 10.1. The fourth-order valence-electron chi connectivity index (χ4n) is 2.61. The summed E-state index contributed by atoms with van der Waals surface area (Å²) in [5, 5.41) is 8.66. The number of nitrogens with zero attached hydrogens (tertiary/aromatic N) is 1. The van der Waals surface area contributed by atoms with Gasteiger partial charge in [0.05, 0.1) is 11.5 Å². The first-order chi connectivity index (χ1) is 10.5. The van der Waals surface area contributed by atoms with Gasteiger partial charge in [-0.3, -0.25) is 4.99 Å². The van der Waals surface area contributed by atoms with Crippen molar-refractivity contribution in [3.8, 4) is 0 Å². The summed E-state index contributed by atoms with van der Waals surface area (Å²) >= 11 is 1.79. The van der Waals surface area contributed by atoms with Crippen LogP contribution in [0.25, 0.3) is 0 Å². The van der Waals surface area contributed by atoms with Crippen LogP contribution in [-0.2, 0) is 16.3 Å². The maximum atomic E-state index is 11.4. The van der Waals surface area contributed by atoms with E-state index >= 15 is 0 Å². The Kier molecular flexibility index (Phi) is 8.84. The average molecular weight is 471 g/mol. The molecule has 1 saturated heterocycles. The third kappa shape index (κ3) is 7.38. The number of halogens is 1. The molecule has 1 aliphatic rings. The Balaban J connectivity index is 0.00000264. The Morgan fingerprint density at radius 3 is 2.83 bits per heavy atom. The molecule has 2 unspecified atom stereocenters. The van der Waals surface area contributed by atoms with Crippen LogP contribution in [0, 0.1) is 11.8 Å². The number of sulfone groups is 1. The van der Waals surface area contributed by atoms with Gasteiger partial charge in [0.1, 0.15) is 0 Å². The second-order valence-corrected chi connectivity index (χ2v) is 9.25. The number of rotatable bonds is 6. The van der Waals surface area contributed by atoms with Crippen LogP contribution in [0.1, 0.15) is 18.2 Å². The molecule has 0 spiro atoms. The van der Waals surface area contributed by atoms with E-state index in [-0.39, 0.29) is 29.9 Å². The highest BCUT2D eigenvalue weighted by atomic mass is 127. The van der Waals surface area contributed by atoms with Gasteiger partial charge in [0.25, 0.3) is 0 Å². The standard InChI is InChI=1S/C15H25N3O2S2.HI/c1-12(8-14-4-3-6-21-14)9-17-15(16-2)18-10-13-5-7-22(19,20)11-13;/h3-4,6,12-13H,5,7-11H2,1-2H3,(H2,16,17,18);1H. The topological polar surface area (TPSA) is 70.6 Å². The molecule has 23 heavy (non-hydrogen) atoms. The molecule has 1 aromatic heterocycles. The monoisotopic (exact) mass is 471 g/mol. The van der Waals surface area contributed by atoms with Crippen LogP contribution in [-0.4, -0.2) is 46.0 Å². The molecular weight excluding hydrogens is 445 g/mol. The molecule has 0 radical (unpaired) electrons. The van der Waals surface area contributed by atoms with E-state index in [0.717, 1.165) is 25.3 Å². The van der Waals surface area contributed by atoms with Gasteiger partial charge in [0.2, 0.25) is 0 Å². The number of nitrogens with one attached hydrogen (secondary N) is 2. The molecule has 8 heteroatoms. The summed E-state index contributed by atoms with van der Waals surface area (Å²) in [4.78, 5) is 5.60. The van der Waals surface area contributed by atoms with E-state index in [1.165, 1.54) is 4.88 Å². The Morgan fingerprint density at radius 1 is 1.48 bits per heavy atom. The molecule has 0 bridgehead atoms. The third-order valence-corrected chi connectivity index (χ3v) is 6.59. The molecule has 2 heterocycles. The predicted octanol–water partition coefficient (Wildman–Crippen LogP) is 2.14. The van der Waals surface area contributed by atoms with Gasteiger partial charge in [-0.25, -0.2) is 8.42 Å². The van der Waals surface area contributed by atoms with Crippen LogP contribution in [0.2, 0.25) is 0 Å². The predicted molar refractivity (Wildman–Crippen MR) is 109 cm³/mol. The Labute approximate surface area is 160 Å². The second-order valence-electron chi connectivity index (χ2n) is 5.99. The molecular formula is C15H26IN3O2S2. The van der Waals surface area contributed by atoms with E-state index in [0.29, 0.717) is 24.0 Å². The zero-order valence-corrected chi connectivity index (χ0v) is 17.6. The van der Waals surface area contributed by atoms with Gasteiger partial charge in [-0.15, -0.1) is 35.3 Å². The first-order valence-electron chi connectivity index (χ1n) is 7.66. The summed E-state index contributed by atoms with van der Waals surface area (Å²) in [5.74, 6) is 2.09. The smallest absolute Gasteiger partial charge is 0.190 e. The van der Waals surface area contributed by atoms with Crippen molar-refractivity contribution in [2.45, 2.75) is 19.8 Å². The van der Waals surface area contributed by atoms with Crippen molar-refractivity contribution in [1.29, 1.82) is 0 Å². The lowest BCUT2D eigenvalue weighted by Crippen LogP contribution is -2.41. The van der Waals surface area contributed by atoms with Gasteiger partial charge in [0, 0.05) is 25.0 Å². The lowest BCUT2D eigenvalue weighted by Gasteiger charge is -2.17. The fourth-order valence-corrected chi connectivity index (χ4v) is 5.34. The van der Waals surface area contributed by atoms with Crippen LogP contribution in [0.5, 0.6) is 0 Å². The van der Waals surface area contributed by atoms with Crippen molar-refractivity contribution >= 4 is 51.1 Å². The van der Waals surface area contributed by atoms with E-state index in [1.807, 2.05) is 0 Å². The molecule has 1 aromatic rings. The van der Waals surface area contributed by atoms with Gasteiger partial charge in [-0.1, -0.05) is 13.0 Å². The van der Waals surface area contributed by atoms with Crippen molar-refractivity contribution < 1.29 is 8.42 Å². The molecule has 1 fully saturated rings. The normalized spacial score (nSPS) is 21.5. The van der Waals surface area contributed by atoms with Crippen LogP contribution in [0.3, 0.4) is 0 Å². The van der Waals surface area contributed by atoms with E-state index < -0.39 is 9.84 Å². The molecule has 2 atom stereocenters. The molecule has 0 aliphatic carbocycles. The molecule has 132 valence electrons. The first kappa shape index (κ1) is 20.7. The maximum Gasteiger partial charge on any atom is 0.190 e.